The molecule has 2 aromatic heterocycles. The lowest BCUT2D eigenvalue weighted by Crippen LogP contribution is -2.44. The van der Waals surface area contributed by atoms with Gasteiger partial charge in [-0.1, -0.05) is 6.07 Å². The average Bonchev–Trinajstić information content (AvgIpc) is 3.34. The number of non-ortho nitro benzene ring substituents is 1. The summed E-state index contributed by atoms with van der Waals surface area (Å²) in [4.78, 5) is 24.5. The highest BCUT2D eigenvalue weighted by Gasteiger charge is 2.17. The number of benzene rings is 2. The van der Waals surface area contributed by atoms with Crippen molar-refractivity contribution in [2.24, 2.45) is 0 Å². The van der Waals surface area contributed by atoms with E-state index in [2.05, 4.69) is 44.4 Å². The number of nitro benzene ring substituents is 1. The Morgan fingerprint density at radius 1 is 1.08 bits per heavy atom. The summed E-state index contributed by atoms with van der Waals surface area (Å²) in [5.41, 5.74) is 4.76. The number of hydrogen-bond donors (Lipinski definition) is 2. The lowest BCUT2D eigenvalue weighted by Gasteiger charge is -2.34. The van der Waals surface area contributed by atoms with Gasteiger partial charge in [0.05, 0.1) is 23.8 Å². The molecule has 37 heavy (non-hydrogen) atoms. The largest absolute Gasteiger partial charge is 0.394 e. The Hall–Kier alpha value is -4.35. The van der Waals surface area contributed by atoms with E-state index < -0.39 is 4.92 Å². The highest BCUT2D eigenvalue weighted by atomic mass is 16.6. The van der Waals surface area contributed by atoms with Gasteiger partial charge in [-0.05, 0) is 43.4 Å². The second-order valence-corrected chi connectivity index (χ2v) is 8.91. The molecule has 4 aromatic rings. The third-order valence-corrected chi connectivity index (χ3v) is 6.34. The average molecular weight is 501 g/mol. The highest BCUT2D eigenvalue weighted by molar-refractivity contribution is 5.79. The Morgan fingerprint density at radius 3 is 2.59 bits per heavy atom. The van der Waals surface area contributed by atoms with Gasteiger partial charge in [-0.25, -0.2) is 9.97 Å². The van der Waals surface area contributed by atoms with Gasteiger partial charge in [0.2, 0.25) is 5.95 Å². The quantitative estimate of drug-likeness (QED) is 0.276. The molecule has 1 saturated heterocycles. The number of hydrogen-bond acceptors (Lipinski definition) is 9. The van der Waals surface area contributed by atoms with E-state index in [0.29, 0.717) is 29.4 Å². The first kappa shape index (κ1) is 24.3. The van der Waals surface area contributed by atoms with Gasteiger partial charge in [0.25, 0.3) is 5.69 Å². The van der Waals surface area contributed by atoms with Crippen molar-refractivity contribution in [3.63, 3.8) is 0 Å². The fourth-order valence-corrected chi connectivity index (χ4v) is 4.32. The number of aromatic nitrogens is 4. The summed E-state index contributed by atoms with van der Waals surface area (Å²) in [7, 11) is 2.14. The minimum atomic E-state index is -0.434. The van der Waals surface area contributed by atoms with Crippen molar-refractivity contribution in [3.8, 4) is 22.5 Å². The molecule has 11 heteroatoms. The van der Waals surface area contributed by atoms with Crippen LogP contribution in [0.5, 0.6) is 0 Å². The van der Waals surface area contributed by atoms with Crippen molar-refractivity contribution >= 4 is 23.0 Å². The molecule has 3 heterocycles. The molecule has 0 atom stereocenters. The van der Waals surface area contributed by atoms with Gasteiger partial charge in [-0.15, -0.1) is 0 Å². The van der Waals surface area contributed by atoms with Crippen LogP contribution >= 0.6 is 0 Å². The smallest absolute Gasteiger partial charge is 0.269 e. The van der Waals surface area contributed by atoms with Crippen LogP contribution in [0.2, 0.25) is 0 Å². The monoisotopic (exact) mass is 500 g/mol. The molecule has 190 valence electrons. The van der Waals surface area contributed by atoms with Crippen LogP contribution in [0, 0.1) is 10.1 Å². The minimum absolute atomic E-state index is 0.00687. The molecular weight excluding hydrogens is 472 g/mol. The Kier molecular flexibility index (Phi) is 7.06. The van der Waals surface area contributed by atoms with E-state index in [-0.39, 0.29) is 12.3 Å². The van der Waals surface area contributed by atoms with E-state index in [1.165, 1.54) is 12.1 Å². The zero-order valence-electron chi connectivity index (χ0n) is 20.5. The summed E-state index contributed by atoms with van der Waals surface area (Å²) in [6, 6.07) is 16.2. The van der Waals surface area contributed by atoms with Crippen LogP contribution in [-0.4, -0.2) is 74.5 Å². The lowest BCUT2D eigenvalue weighted by molar-refractivity contribution is -0.384. The molecule has 1 aliphatic rings. The van der Waals surface area contributed by atoms with Gasteiger partial charge in [-0.2, -0.15) is 5.10 Å². The normalized spacial score (nSPS) is 14.1. The zero-order valence-corrected chi connectivity index (χ0v) is 20.5. The first-order valence-electron chi connectivity index (χ1n) is 12.1. The van der Waals surface area contributed by atoms with E-state index in [9.17, 15) is 15.2 Å². The molecule has 5 rings (SSSR count). The van der Waals surface area contributed by atoms with Crippen LogP contribution in [0.1, 0.15) is 0 Å². The molecular formula is C26H28N8O3. The van der Waals surface area contributed by atoms with E-state index in [4.69, 9.17) is 4.98 Å². The highest BCUT2D eigenvalue weighted by Crippen LogP contribution is 2.32. The van der Waals surface area contributed by atoms with Crippen LogP contribution in [0.15, 0.2) is 67.0 Å². The molecule has 0 saturated carbocycles. The van der Waals surface area contributed by atoms with Gasteiger partial charge in [0.1, 0.15) is 5.69 Å². The van der Waals surface area contributed by atoms with Crippen molar-refractivity contribution < 1.29 is 10.0 Å². The first-order valence-corrected chi connectivity index (χ1v) is 12.1. The Bertz CT molecular complexity index is 1380. The van der Waals surface area contributed by atoms with Gasteiger partial charge >= 0.3 is 0 Å². The summed E-state index contributed by atoms with van der Waals surface area (Å²) in [6.07, 6.45) is 3.49. The van der Waals surface area contributed by atoms with Crippen LogP contribution in [0.25, 0.3) is 22.5 Å². The topological polar surface area (TPSA) is 125 Å². The van der Waals surface area contributed by atoms with Crippen LogP contribution in [0.3, 0.4) is 0 Å². The fourth-order valence-electron chi connectivity index (χ4n) is 4.32. The summed E-state index contributed by atoms with van der Waals surface area (Å²) in [5.74, 6) is 0.442. The maximum Gasteiger partial charge on any atom is 0.269 e. The van der Waals surface area contributed by atoms with E-state index in [0.717, 1.165) is 43.1 Å². The molecule has 11 nitrogen and oxygen atoms in total. The van der Waals surface area contributed by atoms with E-state index in [1.807, 2.05) is 18.3 Å². The summed E-state index contributed by atoms with van der Waals surface area (Å²) >= 11 is 0. The zero-order chi connectivity index (χ0) is 25.8. The van der Waals surface area contributed by atoms with Gasteiger partial charge in [0.15, 0.2) is 0 Å². The molecule has 0 radical (unpaired) electrons. The minimum Gasteiger partial charge on any atom is -0.394 e. The first-order chi connectivity index (χ1) is 18.0. The van der Waals surface area contributed by atoms with Gasteiger partial charge < -0.3 is 20.2 Å². The second kappa shape index (κ2) is 10.7. The third kappa shape index (κ3) is 5.57. The molecule has 1 aliphatic heterocycles. The number of piperazine rings is 1. The van der Waals surface area contributed by atoms with Crippen LogP contribution in [-0.2, 0) is 6.54 Å². The number of anilines is 3. The molecule has 0 bridgehead atoms. The standard InChI is InChI=1S/C26H28N8O3/c1-31-11-13-32(14-12-31)22-4-2-3-20(17-22)28-26-27-10-9-24(29-26)23-18-33(15-16-35)30-25(23)19-5-7-21(8-6-19)34(36)37/h2-10,17-18,35H,11-16H2,1H3,(H,27,28,29). The molecule has 0 unspecified atom stereocenters. The van der Waals surface area contributed by atoms with Crippen LogP contribution in [0.4, 0.5) is 23.0 Å². The molecule has 1 fully saturated rings. The van der Waals surface area contributed by atoms with Crippen molar-refractivity contribution in [1.82, 2.24) is 24.6 Å². The van der Waals surface area contributed by atoms with Crippen LogP contribution < -0.4 is 10.2 Å². The Labute approximate surface area is 214 Å². The number of rotatable bonds is 8. The summed E-state index contributed by atoms with van der Waals surface area (Å²) in [6.45, 7) is 4.27. The number of aliphatic hydroxyl groups is 1. The third-order valence-electron chi connectivity index (χ3n) is 6.34. The van der Waals surface area contributed by atoms with Crippen molar-refractivity contribution in [2.45, 2.75) is 6.54 Å². The molecule has 0 spiro atoms. The summed E-state index contributed by atoms with van der Waals surface area (Å²) in [5, 5.41) is 28.4. The number of aliphatic hydroxyl groups excluding tert-OH is 1. The predicted octanol–water partition coefficient (Wildman–Crippen LogP) is 3.40. The van der Waals surface area contributed by atoms with E-state index >= 15 is 0 Å². The molecule has 2 aromatic carbocycles. The molecule has 2 N–H and O–H groups in total. The predicted molar refractivity (Wildman–Crippen MR) is 142 cm³/mol. The maximum atomic E-state index is 11.1. The Balaban J connectivity index is 1.42. The summed E-state index contributed by atoms with van der Waals surface area (Å²) < 4.78 is 1.64. The number of nitrogens with zero attached hydrogens (tertiary/aromatic N) is 7. The number of nitrogens with one attached hydrogen (secondary N) is 1. The lowest BCUT2D eigenvalue weighted by atomic mass is 10.1. The maximum absolute atomic E-state index is 11.1. The SMILES string of the molecule is CN1CCN(c2cccc(Nc3nccc(-c4cn(CCO)nc4-c4ccc([N+](=O)[O-])cc4)n3)c2)CC1. The fraction of sp³-hybridized carbons (Fsp3) is 0.269. The van der Waals surface area contributed by atoms with Crippen molar-refractivity contribution in [2.75, 3.05) is 50.1 Å². The molecule has 0 aliphatic carbocycles. The molecule has 0 amide bonds. The van der Waals surface area contributed by atoms with Crippen molar-refractivity contribution in [3.05, 3.63) is 77.1 Å². The van der Waals surface area contributed by atoms with Crippen molar-refractivity contribution in [1.29, 1.82) is 0 Å². The Morgan fingerprint density at radius 2 is 1.86 bits per heavy atom. The van der Waals surface area contributed by atoms with E-state index in [1.54, 1.807) is 29.1 Å². The van der Waals surface area contributed by atoms with Gasteiger partial charge in [-0.3, -0.25) is 14.8 Å². The van der Waals surface area contributed by atoms with Gasteiger partial charge in [0, 0.05) is 73.2 Å². The number of likely N-dealkylation sites (N-methyl/N-ethyl adjacent to an activating group) is 1. The second-order valence-electron chi connectivity index (χ2n) is 8.91. The number of nitro groups is 1.